The van der Waals surface area contributed by atoms with E-state index in [1.807, 2.05) is 13.8 Å². The van der Waals surface area contributed by atoms with Crippen molar-refractivity contribution in [2.24, 2.45) is 0 Å². The Morgan fingerprint density at radius 2 is 1.75 bits per heavy atom. The molecule has 1 rings (SSSR count). The highest BCUT2D eigenvalue weighted by Crippen LogP contribution is 2.07. The van der Waals surface area contributed by atoms with Crippen LogP contribution in [0, 0.1) is 6.92 Å². The third-order valence-corrected chi connectivity index (χ3v) is 4.01. The Morgan fingerprint density at radius 3 is 2.33 bits per heavy atom. The van der Waals surface area contributed by atoms with Gasteiger partial charge in [0.15, 0.2) is 0 Å². The van der Waals surface area contributed by atoms with Gasteiger partial charge in [-0.25, -0.2) is 0 Å². The fraction of sp³-hybridized carbons (Fsp3) is 0.600. The van der Waals surface area contributed by atoms with Gasteiger partial charge < -0.3 is 10.6 Å². The van der Waals surface area contributed by atoms with Crippen LogP contribution < -0.4 is 10.6 Å². The molecule has 4 heteroatoms. The monoisotopic (exact) mass is 332 g/mol. The molecule has 0 aliphatic heterocycles. The van der Waals surface area contributed by atoms with Crippen molar-refractivity contribution >= 4 is 11.7 Å². The maximum Gasteiger partial charge on any atom is 0.220 e. The van der Waals surface area contributed by atoms with Gasteiger partial charge in [0.1, 0.15) is 5.78 Å². The zero-order chi connectivity index (χ0) is 17.9. The summed E-state index contributed by atoms with van der Waals surface area (Å²) in [7, 11) is 0. The highest BCUT2D eigenvalue weighted by molar-refractivity contribution is 5.81. The first-order valence-corrected chi connectivity index (χ1v) is 8.97. The molecule has 0 spiro atoms. The Morgan fingerprint density at radius 1 is 1.08 bits per heavy atom. The minimum Gasteiger partial charge on any atom is -0.356 e. The Labute approximate surface area is 146 Å². The maximum absolute atomic E-state index is 11.9. The standard InChI is InChI=1S/C20H32N2O2/c1-15(2)22-19(17(4)23)8-6-14-21-20(24)9-5-7-18-12-10-16(3)11-13-18/h10-13,15,19,22H,5-9,14H2,1-4H3,(H,21,24). The van der Waals surface area contributed by atoms with E-state index in [-0.39, 0.29) is 23.8 Å². The summed E-state index contributed by atoms with van der Waals surface area (Å²) in [6, 6.07) is 8.63. The summed E-state index contributed by atoms with van der Waals surface area (Å²) in [5, 5.41) is 6.21. The van der Waals surface area contributed by atoms with Crippen LogP contribution in [0.1, 0.15) is 57.6 Å². The summed E-state index contributed by atoms with van der Waals surface area (Å²) in [6.07, 6.45) is 3.91. The second kappa shape index (κ2) is 11.0. The van der Waals surface area contributed by atoms with E-state index in [0.717, 1.165) is 25.7 Å². The molecule has 4 nitrogen and oxygen atoms in total. The summed E-state index contributed by atoms with van der Waals surface area (Å²) in [4.78, 5) is 23.4. The molecule has 0 radical (unpaired) electrons. The van der Waals surface area contributed by atoms with Crippen LogP contribution in [-0.4, -0.2) is 30.3 Å². The number of nitrogens with one attached hydrogen (secondary N) is 2. The number of benzene rings is 1. The molecule has 0 saturated heterocycles. The van der Waals surface area contributed by atoms with Crippen molar-refractivity contribution < 1.29 is 9.59 Å². The van der Waals surface area contributed by atoms with Crippen LogP contribution in [0.25, 0.3) is 0 Å². The first-order chi connectivity index (χ1) is 11.4. The molecular formula is C20H32N2O2. The first-order valence-electron chi connectivity index (χ1n) is 8.97. The molecule has 0 heterocycles. The average Bonchev–Trinajstić information content (AvgIpc) is 2.51. The van der Waals surface area contributed by atoms with Crippen molar-refractivity contribution in [2.45, 2.75) is 71.9 Å². The molecule has 2 N–H and O–H groups in total. The van der Waals surface area contributed by atoms with Crippen LogP contribution in [-0.2, 0) is 16.0 Å². The number of ketones is 1. The van der Waals surface area contributed by atoms with Gasteiger partial charge >= 0.3 is 0 Å². The third-order valence-electron chi connectivity index (χ3n) is 4.01. The lowest BCUT2D eigenvalue weighted by atomic mass is 10.1. The Kier molecular flexibility index (Phi) is 9.31. The number of aryl methyl sites for hydroxylation is 2. The smallest absolute Gasteiger partial charge is 0.220 e. The zero-order valence-corrected chi connectivity index (χ0v) is 15.5. The molecule has 0 aliphatic carbocycles. The van der Waals surface area contributed by atoms with Gasteiger partial charge in [-0.2, -0.15) is 0 Å². The molecule has 1 unspecified atom stereocenters. The van der Waals surface area contributed by atoms with Gasteiger partial charge in [0.2, 0.25) is 5.91 Å². The number of rotatable bonds is 11. The fourth-order valence-electron chi connectivity index (χ4n) is 2.64. The summed E-state index contributed by atoms with van der Waals surface area (Å²) >= 11 is 0. The van der Waals surface area contributed by atoms with E-state index in [9.17, 15) is 9.59 Å². The normalized spacial score (nSPS) is 12.2. The second-order valence-corrected chi connectivity index (χ2v) is 6.82. The number of carbonyl (C=O) groups is 2. The van der Waals surface area contributed by atoms with Gasteiger partial charge in [-0.1, -0.05) is 43.7 Å². The Bertz CT molecular complexity index is 509. The second-order valence-electron chi connectivity index (χ2n) is 6.82. The Hall–Kier alpha value is -1.68. The number of carbonyl (C=O) groups excluding carboxylic acids is 2. The van der Waals surface area contributed by atoms with Crippen LogP contribution in [0.2, 0.25) is 0 Å². The minimum absolute atomic E-state index is 0.0957. The molecule has 1 aromatic rings. The van der Waals surface area contributed by atoms with Crippen molar-refractivity contribution in [1.29, 1.82) is 0 Å². The molecule has 0 aliphatic rings. The van der Waals surface area contributed by atoms with Gasteiger partial charge in [0, 0.05) is 19.0 Å². The fourth-order valence-corrected chi connectivity index (χ4v) is 2.64. The van der Waals surface area contributed by atoms with Gasteiger partial charge in [-0.05, 0) is 45.1 Å². The Balaban J connectivity index is 2.15. The average molecular weight is 332 g/mol. The molecule has 1 amide bonds. The third kappa shape index (κ3) is 8.82. The number of hydrogen-bond acceptors (Lipinski definition) is 3. The molecule has 0 fully saturated rings. The van der Waals surface area contributed by atoms with Crippen molar-refractivity contribution in [3.8, 4) is 0 Å². The van der Waals surface area contributed by atoms with Crippen LogP contribution in [0.5, 0.6) is 0 Å². The summed E-state index contributed by atoms with van der Waals surface area (Å²) < 4.78 is 0. The SMILES string of the molecule is CC(=O)C(CCCNC(=O)CCCc1ccc(C)cc1)NC(C)C. The topological polar surface area (TPSA) is 58.2 Å². The highest BCUT2D eigenvalue weighted by atomic mass is 16.1. The summed E-state index contributed by atoms with van der Waals surface area (Å²) in [5.74, 6) is 0.256. The van der Waals surface area contributed by atoms with E-state index in [2.05, 4.69) is 41.8 Å². The minimum atomic E-state index is -0.108. The zero-order valence-electron chi connectivity index (χ0n) is 15.5. The van der Waals surface area contributed by atoms with Crippen molar-refractivity contribution in [1.82, 2.24) is 10.6 Å². The predicted molar refractivity (Wildman–Crippen MR) is 99.1 cm³/mol. The van der Waals surface area contributed by atoms with Crippen LogP contribution >= 0.6 is 0 Å². The van der Waals surface area contributed by atoms with Gasteiger partial charge in [0.05, 0.1) is 6.04 Å². The van der Waals surface area contributed by atoms with Crippen LogP contribution in [0.4, 0.5) is 0 Å². The van der Waals surface area contributed by atoms with Crippen LogP contribution in [0.3, 0.4) is 0 Å². The van der Waals surface area contributed by atoms with Crippen molar-refractivity contribution in [3.63, 3.8) is 0 Å². The molecule has 0 bridgehead atoms. The summed E-state index contributed by atoms with van der Waals surface area (Å²) in [6.45, 7) is 8.39. The summed E-state index contributed by atoms with van der Waals surface area (Å²) in [5.41, 5.74) is 2.53. The highest BCUT2D eigenvalue weighted by Gasteiger charge is 2.14. The van der Waals surface area contributed by atoms with Gasteiger partial charge in [0.25, 0.3) is 0 Å². The molecule has 1 aromatic carbocycles. The number of hydrogen-bond donors (Lipinski definition) is 2. The van der Waals surface area contributed by atoms with E-state index in [1.54, 1.807) is 6.92 Å². The molecule has 0 aromatic heterocycles. The van der Waals surface area contributed by atoms with E-state index < -0.39 is 0 Å². The lowest BCUT2D eigenvalue weighted by Crippen LogP contribution is -2.40. The van der Waals surface area contributed by atoms with Gasteiger partial charge in [-0.15, -0.1) is 0 Å². The van der Waals surface area contributed by atoms with E-state index in [0.29, 0.717) is 13.0 Å². The van der Waals surface area contributed by atoms with Crippen molar-refractivity contribution in [3.05, 3.63) is 35.4 Å². The van der Waals surface area contributed by atoms with E-state index >= 15 is 0 Å². The molecule has 134 valence electrons. The maximum atomic E-state index is 11.9. The van der Waals surface area contributed by atoms with Crippen molar-refractivity contribution in [2.75, 3.05) is 6.54 Å². The number of Topliss-reactive ketones (excluding diaryl/α,β-unsaturated/α-hetero) is 1. The number of amides is 1. The van der Waals surface area contributed by atoms with Gasteiger partial charge in [-0.3, -0.25) is 9.59 Å². The van der Waals surface area contributed by atoms with E-state index in [1.165, 1.54) is 11.1 Å². The largest absolute Gasteiger partial charge is 0.356 e. The lowest BCUT2D eigenvalue weighted by Gasteiger charge is -2.18. The lowest BCUT2D eigenvalue weighted by molar-refractivity contribution is -0.121. The molecular weight excluding hydrogens is 300 g/mol. The molecule has 1 atom stereocenters. The first kappa shape index (κ1) is 20.4. The molecule has 24 heavy (non-hydrogen) atoms. The van der Waals surface area contributed by atoms with Crippen LogP contribution in [0.15, 0.2) is 24.3 Å². The quantitative estimate of drug-likeness (QED) is 0.612. The van der Waals surface area contributed by atoms with E-state index in [4.69, 9.17) is 0 Å². The predicted octanol–water partition coefficient (Wildman–Crippen LogP) is 3.17. The molecule has 0 saturated carbocycles.